The van der Waals surface area contributed by atoms with Crippen LogP contribution in [-0.2, 0) is 0 Å². The van der Waals surface area contributed by atoms with Crippen molar-refractivity contribution in [2.75, 3.05) is 19.5 Å². The van der Waals surface area contributed by atoms with Crippen LogP contribution in [0.2, 0.25) is 10.0 Å². The SMILES string of the molecule is COc1ccc(-c2ccn(-c3ccc(C(=O)Nc4ccc(Cl)cc4Cl)cc3)n2)cc1OC. The highest BCUT2D eigenvalue weighted by molar-refractivity contribution is 6.36. The van der Waals surface area contributed by atoms with Crippen LogP contribution < -0.4 is 14.8 Å². The van der Waals surface area contributed by atoms with E-state index in [-0.39, 0.29) is 5.91 Å². The highest BCUT2D eigenvalue weighted by Gasteiger charge is 2.11. The predicted molar refractivity (Wildman–Crippen MR) is 127 cm³/mol. The molecule has 0 aliphatic carbocycles. The van der Waals surface area contributed by atoms with Crippen LogP contribution in [0.5, 0.6) is 11.5 Å². The van der Waals surface area contributed by atoms with E-state index >= 15 is 0 Å². The third-order valence-corrected chi connectivity index (χ3v) is 5.39. The number of carbonyl (C=O) groups excluding carboxylic acids is 1. The number of carbonyl (C=O) groups is 1. The number of aromatic nitrogens is 2. The molecule has 1 amide bonds. The molecular formula is C24H19Cl2N3O3. The smallest absolute Gasteiger partial charge is 0.255 e. The Kier molecular flexibility index (Phi) is 6.35. The minimum atomic E-state index is -0.271. The third-order valence-electron chi connectivity index (χ3n) is 4.84. The molecule has 0 spiro atoms. The summed E-state index contributed by atoms with van der Waals surface area (Å²) in [5.41, 5.74) is 3.49. The van der Waals surface area contributed by atoms with Crippen molar-refractivity contribution in [2.45, 2.75) is 0 Å². The average molecular weight is 468 g/mol. The van der Waals surface area contributed by atoms with Gasteiger partial charge in [-0.3, -0.25) is 4.79 Å². The van der Waals surface area contributed by atoms with E-state index in [1.54, 1.807) is 49.2 Å². The second-order valence-corrected chi connectivity index (χ2v) is 7.68. The summed E-state index contributed by atoms with van der Waals surface area (Å²) in [5, 5.41) is 8.30. The summed E-state index contributed by atoms with van der Waals surface area (Å²) in [5.74, 6) is 1.02. The molecule has 0 atom stereocenters. The number of hydrogen-bond acceptors (Lipinski definition) is 4. The van der Waals surface area contributed by atoms with Crippen molar-refractivity contribution < 1.29 is 14.3 Å². The van der Waals surface area contributed by atoms with Gasteiger partial charge in [-0.05, 0) is 66.7 Å². The normalized spacial score (nSPS) is 10.6. The fraction of sp³-hybridized carbons (Fsp3) is 0.0833. The molecule has 0 aliphatic rings. The number of benzene rings is 3. The van der Waals surface area contributed by atoms with Gasteiger partial charge in [0, 0.05) is 22.3 Å². The van der Waals surface area contributed by atoms with E-state index in [1.165, 1.54) is 0 Å². The molecular weight excluding hydrogens is 449 g/mol. The first-order valence-electron chi connectivity index (χ1n) is 9.63. The fourth-order valence-corrected chi connectivity index (χ4v) is 3.62. The molecule has 0 saturated heterocycles. The van der Waals surface area contributed by atoms with Crippen LogP contribution in [0.1, 0.15) is 10.4 Å². The first kappa shape index (κ1) is 21.7. The van der Waals surface area contributed by atoms with E-state index in [0.29, 0.717) is 32.8 Å². The number of anilines is 1. The van der Waals surface area contributed by atoms with Gasteiger partial charge in [0.2, 0.25) is 0 Å². The number of halogens is 2. The van der Waals surface area contributed by atoms with E-state index in [0.717, 1.165) is 16.9 Å². The minimum Gasteiger partial charge on any atom is -0.493 e. The van der Waals surface area contributed by atoms with Gasteiger partial charge in [0.1, 0.15) is 0 Å². The monoisotopic (exact) mass is 467 g/mol. The van der Waals surface area contributed by atoms with Gasteiger partial charge in [0.25, 0.3) is 5.91 Å². The lowest BCUT2D eigenvalue weighted by atomic mass is 10.1. The van der Waals surface area contributed by atoms with Gasteiger partial charge in [-0.1, -0.05) is 23.2 Å². The molecule has 1 N–H and O–H groups in total. The zero-order valence-corrected chi connectivity index (χ0v) is 18.8. The van der Waals surface area contributed by atoms with Crippen molar-refractivity contribution in [3.63, 3.8) is 0 Å². The molecule has 0 aliphatic heterocycles. The molecule has 1 heterocycles. The van der Waals surface area contributed by atoms with Gasteiger partial charge in [0.15, 0.2) is 11.5 Å². The van der Waals surface area contributed by atoms with E-state index in [1.807, 2.05) is 42.6 Å². The number of nitrogens with zero attached hydrogens (tertiary/aromatic N) is 2. The van der Waals surface area contributed by atoms with E-state index < -0.39 is 0 Å². The maximum Gasteiger partial charge on any atom is 0.255 e. The van der Waals surface area contributed by atoms with E-state index in [2.05, 4.69) is 10.4 Å². The Morgan fingerprint density at radius 3 is 2.34 bits per heavy atom. The van der Waals surface area contributed by atoms with Crippen LogP contribution in [0.15, 0.2) is 72.9 Å². The van der Waals surface area contributed by atoms with Crippen molar-refractivity contribution in [3.05, 3.63) is 88.5 Å². The molecule has 1 aromatic heterocycles. The predicted octanol–water partition coefficient (Wildman–Crippen LogP) is 6.12. The molecule has 0 unspecified atom stereocenters. The Morgan fingerprint density at radius 1 is 0.906 bits per heavy atom. The van der Waals surface area contributed by atoms with Gasteiger partial charge < -0.3 is 14.8 Å². The summed E-state index contributed by atoms with van der Waals surface area (Å²) in [6.07, 6.45) is 1.86. The Morgan fingerprint density at radius 2 is 1.66 bits per heavy atom. The van der Waals surface area contributed by atoms with Crippen molar-refractivity contribution in [2.24, 2.45) is 0 Å². The van der Waals surface area contributed by atoms with Crippen LogP contribution in [-0.4, -0.2) is 29.9 Å². The number of ether oxygens (including phenoxy) is 2. The maximum absolute atomic E-state index is 12.6. The molecule has 32 heavy (non-hydrogen) atoms. The van der Waals surface area contributed by atoms with Gasteiger partial charge in [0.05, 0.1) is 36.3 Å². The molecule has 0 saturated carbocycles. The zero-order valence-electron chi connectivity index (χ0n) is 17.3. The van der Waals surface area contributed by atoms with Crippen molar-refractivity contribution in [1.29, 1.82) is 0 Å². The van der Waals surface area contributed by atoms with Crippen LogP contribution in [0.3, 0.4) is 0 Å². The van der Waals surface area contributed by atoms with Gasteiger partial charge >= 0.3 is 0 Å². The summed E-state index contributed by atoms with van der Waals surface area (Å²) in [4.78, 5) is 12.6. The number of amides is 1. The first-order valence-corrected chi connectivity index (χ1v) is 10.4. The lowest BCUT2D eigenvalue weighted by molar-refractivity contribution is 0.102. The molecule has 162 valence electrons. The Bertz CT molecular complexity index is 1270. The molecule has 4 rings (SSSR count). The summed E-state index contributed by atoms with van der Waals surface area (Å²) in [6.45, 7) is 0. The van der Waals surface area contributed by atoms with Crippen molar-refractivity contribution in [3.8, 4) is 28.4 Å². The molecule has 6 nitrogen and oxygen atoms in total. The molecule has 4 aromatic rings. The summed E-state index contributed by atoms with van der Waals surface area (Å²) < 4.78 is 12.4. The second-order valence-electron chi connectivity index (χ2n) is 6.84. The van der Waals surface area contributed by atoms with E-state index in [4.69, 9.17) is 32.7 Å². The second kappa shape index (κ2) is 9.34. The largest absolute Gasteiger partial charge is 0.493 e. The van der Waals surface area contributed by atoms with Gasteiger partial charge in [-0.25, -0.2) is 4.68 Å². The van der Waals surface area contributed by atoms with Crippen molar-refractivity contribution >= 4 is 34.8 Å². The minimum absolute atomic E-state index is 0.271. The molecule has 0 bridgehead atoms. The van der Waals surface area contributed by atoms with Crippen LogP contribution >= 0.6 is 23.2 Å². The number of hydrogen-bond donors (Lipinski definition) is 1. The Labute approximate surface area is 195 Å². The quantitative estimate of drug-likeness (QED) is 0.371. The highest BCUT2D eigenvalue weighted by atomic mass is 35.5. The van der Waals surface area contributed by atoms with Crippen LogP contribution in [0.4, 0.5) is 5.69 Å². The Hall–Kier alpha value is -3.48. The first-order chi connectivity index (χ1) is 15.5. The van der Waals surface area contributed by atoms with Gasteiger partial charge in [-0.15, -0.1) is 0 Å². The lowest BCUT2D eigenvalue weighted by Crippen LogP contribution is -2.12. The number of rotatable bonds is 6. The summed E-state index contributed by atoms with van der Waals surface area (Å²) in [7, 11) is 3.19. The standard InChI is InChI=1S/C24H19Cl2N3O3/c1-31-22-10-5-16(13-23(22)32-2)20-11-12-29(28-20)18-7-3-15(4-8-18)24(30)27-21-9-6-17(25)14-19(21)26/h3-14H,1-2H3,(H,27,30). The Balaban J connectivity index is 1.51. The maximum atomic E-state index is 12.6. The van der Waals surface area contributed by atoms with E-state index in [9.17, 15) is 4.79 Å². The lowest BCUT2D eigenvalue weighted by Gasteiger charge is -2.09. The van der Waals surface area contributed by atoms with Crippen LogP contribution in [0, 0.1) is 0 Å². The summed E-state index contributed by atoms with van der Waals surface area (Å²) in [6, 6.07) is 19.6. The molecule has 8 heteroatoms. The van der Waals surface area contributed by atoms with Crippen molar-refractivity contribution in [1.82, 2.24) is 9.78 Å². The highest BCUT2D eigenvalue weighted by Crippen LogP contribution is 2.32. The molecule has 0 fully saturated rings. The van der Waals surface area contributed by atoms with Crippen LogP contribution in [0.25, 0.3) is 16.9 Å². The average Bonchev–Trinajstić information content (AvgIpc) is 3.31. The topological polar surface area (TPSA) is 65.4 Å². The van der Waals surface area contributed by atoms with Gasteiger partial charge in [-0.2, -0.15) is 5.10 Å². The molecule has 3 aromatic carbocycles. The molecule has 0 radical (unpaired) electrons. The fourth-order valence-electron chi connectivity index (χ4n) is 3.17. The summed E-state index contributed by atoms with van der Waals surface area (Å²) >= 11 is 12.0. The number of nitrogens with one attached hydrogen (secondary N) is 1. The third kappa shape index (κ3) is 4.56. The number of methoxy groups -OCH3 is 2. The zero-order chi connectivity index (χ0) is 22.7.